The third-order valence-corrected chi connectivity index (χ3v) is 8.00. The largest absolute Gasteiger partial charge is 0.493 e. The molecule has 0 atom stereocenters. The van der Waals surface area contributed by atoms with E-state index in [0.717, 1.165) is 42.6 Å². The van der Waals surface area contributed by atoms with Crippen LogP contribution in [0.4, 0.5) is 5.69 Å². The molecule has 0 radical (unpaired) electrons. The second-order valence-corrected chi connectivity index (χ2v) is 10.8. The first-order valence-electron chi connectivity index (χ1n) is 12.2. The van der Waals surface area contributed by atoms with Crippen LogP contribution >= 0.6 is 34.2 Å². The van der Waals surface area contributed by atoms with E-state index < -0.39 is 5.92 Å². The van der Waals surface area contributed by atoms with Crippen molar-refractivity contribution in [1.29, 1.82) is 0 Å². The molecule has 0 saturated carbocycles. The van der Waals surface area contributed by atoms with Crippen LogP contribution < -0.4 is 20.1 Å². The van der Waals surface area contributed by atoms with Gasteiger partial charge in [0.25, 0.3) is 5.91 Å². The van der Waals surface area contributed by atoms with Crippen molar-refractivity contribution in [2.45, 2.75) is 44.4 Å². The number of ether oxygens (including phenoxy) is 2. The van der Waals surface area contributed by atoms with Gasteiger partial charge in [0.1, 0.15) is 0 Å². The van der Waals surface area contributed by atoms with Crippen molar-refractivity contribution >= 4 is 57.4 Å². The van der Waals surface area contributed by atoms with Gasteiger partial charge in [-0.25, -0.2) is 0 Å². The number of benzene rings is 2. The number of para-hydroxylation sites is 1. The molecule has 1 aliphatic heterocycles. The van der Waals surface area contributed by atoms with Crippen molar-refractivity contribution < 1.29 is 23.9 Å². The summed E-state index contributed by atoms with van der Waals surface area (Å²) < 4.78 is 12.2. The zero-order valence-corrected chi connectivity index (χ0v) is 23.2. The Morgan fingerprint density at radius 2 is 1.70 bits per heavy atom. The minimum absolute atomic E-state index is 0.0780. The van der Waals surface area contributed by atoms with Crippen molar-refractivity contribution in [2.24, 2.45) is 0 Å². The Kier molecular flexibility index (Phi) is 7.57. The van der Waals surface area contributed by atoms with Crippen LogP contribution in [-0.4, -0.2) is 31.2 Å². The summed E-state index contributed by atoms with van der Waals surface area (Å²) in [6.45, 7) is -0.244. The first-order chi connectivity index (χ1) is 17.9. The van der Waals surface area contributed by atoms with Crippen molar-refractivity contribution in [3.63, 3.8) is 0 Å². The zero-order valence-electron chi connectivity index (χ0n) is 20.3. The van der Waals surface area contributed by atoms with E-state index in [1.165, 1.54) is 7.11 Å². The van der Waals surface area contributed by atoms with Crippen LogP contribution in [-0.2, 0) is 14.4 Å². The quantitative estimate of drug-likeness (QED) is 0.399. The molecule has 0 saturated heterocycles. The van der Waals surface area contributed by atoms with Gasteiger partial charge in [0.15, 0.2) is 29.7 Å². The highest BCUT2D eigenvalue weighted by atomic mass is 127. The molecule has 192 valence electrons. The molecule has 2 aromatic carbocycles. The molecule has 2 N–H and O–H groups in total. The number of Topliss-reactive ketones (excluding diaryl/α,β-unsaturated/α-hetero) is 2. The molecule has 9 heteroatoms. The van der Waals surface area contributed by atoms with E-state index in [1.54, 1.807) is 24.3 Å². The predicted octanol–water partition coefficient (Wildman–Crippen LogP) is 5.67. The molecule has 1 amide bonds. The maximum Gasteiger partial charge on any atom is 0.262 e. The van der Waals surface area contributed by atoms with Crippen molar-refractivity contribution in [3.05, 3.63) is 73.1 Å². The van der Waals surface area contributed by atoms with E-state index in [1.807, 2.05) is 12.1 Å². The van der Waals surface area contributed by atoms with Crippen LogP contribution in [0.5, 0.6) is 11.5 Å². The third kappa shape index (κ3) is 5.13. The number of methoxy groups -OCH3 is 1. The number of halogens is 2. The third-order valence-electron chi connectivity index (χ3n) is 6.87. The molecule has 2 aliphatic carbocycles. The van der Waals surface area contributed by atoms with Crippen LogP contribution in [0, 0.1) is 3.57 Å². The molecule has 1 heterocycles. The molecular weight excluding hydrogens is 607 g/mol. The van der Waals surface area contributed by atoms with Crippen LogP contribution in [0.25, 0.3) is 0 Å². The average Bonchev–Trinajstić information content (AvgIpc) is 2.88. The standard InChI is InChI=1S/C28H26ClIN2O5/c1-36-23-13-15(12-17(30)28(23)37-14-24(35)32-18-7-3-2-6-16(18)29)25-26-19(8-4-10-21(26)33)31-20-9-5-11-22(34)27(20)25/h2-3,6-7,12-13,25,31H,4-5,8-11,14H2,1H3,(H,32,35). The lowest BCUT2D eigenvalue weighted by atomic mass is 9.71. The van der Waals surface area contributed by atoms with Gasteiger partial charge in [-0.15, -0.1) is 0 Å². The molecule has 37 heavy (non-hydrogen) atoms. The molecule has 3 aliphatic rings. The fourth-order valence-electron chi connectivity index (χ4n) is 5.25. The number of ketones is 2. The summed E-state index contributed by atoms with van der Waals surface area (Å²) in [5, 5.41) is 6.61. The minimum atomic E-state index is -0.438. The van der Waals surface area contributed by atoms with Crippen LogP contribution in [0.2, 0.25) is 5.02 Å². The average molecular weight is 633 g/mol. The van der Waals surface area contributed by atoms with Gasteiger partial charge >= 0.3 is 0 Å². The van der Waals surface area contributed by atoms with Gasteiger partial charge in [0.2, 0.25) is 0 Å². The van der Waals surface area contributed by atoms with Gasteiger partial charge in [-0.1, -0.05) is 23.7 Å². The van der Waals surface area contributed by atoms with Crippen LogP contribution in [0.1, 0.15) is 50.0 Å². The van der Waals surface area contributed by atoms with Gasteiger partial charge in [-0.3, -0.25) is 14.4 Å². The summed E-state index contributed by atoms with van der Waals surface area (Å²) in [5.41, 5.74) is 4.54. The number of rotatable bonds is 6. The highest BCUT2D eigenvalue weighted by Crippen LogP contribution is 2.47. The number of dihydropyridines is 1. The van der Waals surface area contributed by atoms with Gasteiger partial charge in [0.05, 0.1) is 21.4 Å². The summed E-state index contributed by atoms with van der Waals surface area (Å²) >= 11 is 8.27. The second-order valence-electron chi connectivity index (χ2n) is 9.25. The molecule has 7 nitrogen and oxygen atoms in total. The van der Waals surface area contributed by atoms with Crippen molar-refractivity contribution in [1.82, 2.24) is 5.32 Å². The molecule has 0 unspecified atom stereocenters. The van der Waals surface area contributed by atoms with Crippen molar-refractivity contribution in [3.8, 4) is 11.5 Å². The monoisotopic (exact) mass is 632 g/mol. The number of anilines is 1. The fraction of sp³-hybridized carbons (Fsp3) is 0.321. The molecule has 0 aromatic heterocycles. The first-order valence-corrected chi connectivity index (χ1v) is 13.7. The predicted molar refractivity (Wildman–Crippen MR) is 149 cm³/mol. The molecule has 0 bridgehead atoms. The number of carbonyl (C=O) groups excluding carboxylic acids is 3. The highest BCUT2D eigenvalue weighted by Gasteiger charge is 2.40. The number of amides is 1. The van der Waals surface area contributed by atoms with E-state index >= 15 is 0 Å². The zero-order chi connectivity index (χ0) is 26.1. The molecular formula is C28H26ClIN2O5. The Morgan fingerprint density at radius 3 is 2.32 bits per heavy atom. The fourth-order valence-corrected chi connectivity index (χ4v) is 6.21. The maximum absolute atomic E-state index is 13.1. The summed E-state index contributed by atoms with van der Waals surface area (Å²) in [4.78, 5) is 38.7. The Labute approximate surface area is 233 Å². The Bertz CT molecular complexity index is 1320. The van der Waals surface area contributed by atoms with Gasteiger partial charge in [-0.2, -0.15) is 0 Å². The van der Waals surface area contributed by atoms with E-state index in [9.17, 15) is 14.4 Å². The number of nitrogens with one attached hydrogen (secondary N) is 2. The van der Waals surface area contributed by atoms with Crippen molar-refractivity contribution in [2.75, 3.05) is 19.0 Å². The summed E-state index contributed by atoms with van der Waals surface area (Å²) in [6, 6.07) is 10.7. The lowest BCUT2D eigenvalue weighted by Gasteiger charge is -2.37. The normalized spacial score (nSPS) is 17.7. The van der Waals surface area contributed by atoms with Crippen LogP contribution in [0.15, 0.2) is 58.9 Å². The van der Waals surface area contributed by atoms with E-state index in [0.29, 0.717) is 49.8 Å². The summed E-state index contributed by atoms with van der Waals surface area (Å²) in [6.07, 6.45) is 4.14. The highest BCUT2D eigenvalue weighted by molar-refractivity contribution is 14.1. The smallest absolute Gasteiger partial charge is 0.262 e. The number of hydrogen-bond acceptors (Lipinski definition) is 6. The van der Waals surface area contributed by atoms with E-state index in [4.69, 9.17) is 21.1 Å². The van der Waals surface area contributed by atoms with Gasteiger partial charge < -0.3 is 20.1 Å². The molecule has 5 rings (SSSR count). The van der Waals surface area contributed by atoms with E-state index in [-0.39, 0.29) is 24.1 Å². The maximum atomic E-state index is 13.1. The van der Waals surface area contributed by atoms with Gasteiger partial charge in [-0.05, 0) is 78.1 Å². The van der Waals surface area contributed by atoms with Gasteiger partial charge in [0, 0.05) is 41.3 Å². The molecule has 0 fully saturated rings. The van der Waals surface area contributed by atoms with E-state index in [2.05, 4.69) is 33.2 Å². The topological polar surface area (TPSA) is 93.7 Å². The number of carbonyl (C=O) groups is 3. The Balaban J connectivity index is 1.46. The lowest BCUT2D eigenvalue weighted by Crippen LogP contribution is -2.36. The first kappa shape index (κ1) is 25.8. The van der Waals surface area contributed by atoms with Crippen LogP contribution in [0.3, 0.4) is 0 Å². The summed E-state index contributed by atoms with van der Waals surface area (Å²) in [5.74, 6) is 0.207. The number of allylic oxidation sites excluding steroid dienone is 4. The number of hydrogen-bond donors (Lipinski definition) is 2. The Morgan fingerprint density at radius 1 is 1.05 bits per heavy atom. The minimum Gasteiger partial charge on any atom is -0.493 e. The Hall–Kier alpha value is -2.85. The SMILES string of the molecule is COc1cc(C2C3=C(CCCC3=O)NC3=C2C(=O)CCC3)cc(I)c1OCC(=O)Nc1ccccc1Cl. The molecule has 0 spiro atoms. The lowest BCUT2D eigenvalue weighted by molar-refractivity contribution is -0.118. The molecule has 2 aromatic rings. The summed E-state index contributed by atoms with van der Waals surface area (Å²) in [7, 11) is 1.53. The second kappa shape index (κ2) is 10.9.